The van der Waals surface area contributed by atoms with E-state index in [-0.39, 0.29) is 6.10 Å². The summed E-state index contributed by atoms with van der Waals surface area (Å²) in [6.07, 6.45) is 8.79. The Morgan fingerprint density at radius 3 is 2.86 bits per heavy atom. The van der Waals surface area contributed by atoms with E-state index >= 15 is 0 Å². The summed E-state index contributed by atoms with van der Waals surface area (Å²) >= 11 is 1.68. The quantitative estimate of drug-likeness (QED) is 0.730. The molecule has 0 aliphatic carbocycles. The molecule has 0 radical (unpaired) electrons. The first-order valence-electron chi connectivity index (χ1n) is 8.04. The molecule has 2 aromatic rings. The predicted molar refractivity (Wildman–Crippen MR) is 89.2 cm³/mol. The van der Waals surface area contributed by atoms with Crippen molar-refractivity contribution in [3.05, 3.63) is 23.5 Å². The third-order valence-electron chi connectivity index (χ3n) is 3.63. The molecule has 2 rings (SSSR count). The van der Waals surface area contributed by atoms with Crippen molar-refractivity contribution in [3.63, 3.8) is 0 Å². The second-order valence-electron chi connectivity index (χ2n) is 5.37. The summed E-state index contributed by atoms with van der Waals surface area (Å²) in [5, 5.41) is 5.72. The zero-order valence-corrected chi connectivity index (χ0v) is 14.2. The van der Waals surface area contributed by atoms with E-state index in [0.29, 0.717) is 6.04 Å². The molecule has 2 heterocycles. The molecule has 118 valence electrons. The lowest BCUT2D eigenvalue weighted by molar-refractivity contribution is 0.0280. The monoisotopic (exact) mass is 309 g/mol. The van der Waals surface area contributed by atoms with E-state index in [4.69, 9.17) is 9.72 Å². The Bertz CT molecular complexity index is 488. The number of thiazole rings is 1. The lowest BCUT2D eigenvalue weighted by atomic mass is 10.0. The molecule has 0 saturated heterocycles. The minimum absolute atomic E-state index is 0.270. The topological polar surface area (TPSA) is 38.6 Å². The third kappa shape index (κ3) is 4.53. The highest BCUT2D eigenvalue weighted by Gasteiger charge is 2.22. The summed E-state index contributed by atoms with van der Waals surface area (Å²) in [6.45, 7) is 8.29. The van der Waals surface area contributed by atoms with Crippen molar-refractivity contribution < 1.29 is 4.74 Å². The van der Waals surface area contributed by atoms with Crippen LogP contribution < -0.4 is 5.32 Å². The van der Waals surface area contributed by atoms with Gasteiger partial charge >= 0.3 is 0 Å². The second-order valence-corrected chi connectivity index (χ2v) is 6.25. The van der Waals surface area contributed by atoms with Crippen LogP contribution in [0.5, 0.6) is 0 Å². The normalized spacial score (nSPS) is 14.6. The van der Waals surface area contributed by atoms with Crippen LogP contribution >= 0.6 is 11.3 Å². The third-order valence-corrected chi connectivity index (χ3v) is 4.40. The summed E-state index contributed by atoms with van der Waals surface area (Å²) < 4.78 is 8.08. The maximum absolute atomic E-state index is 5.97. The average molecular weight is 309 g/mol. The maximum Gasteiger partial charge on any atom is 0.193 e. The van der Waals surface area contributed by atoms with Gasteiger partial charge < -0.3 is 10.1 Å². The lowest BCUT2D eigenvalue weighted by Crippen LogP contribution is -2.43. The van der Waals surface area contributed by atoms with Crippen molar-refractivity contribution in [1.82, 2.24) is 14.7 Å². The van der Waals surface area contributed by atoms with Crippen LogP contribution in [0.2, 0.25) is 0 Å². The van der Waals surface area contributed by atoms with Gasteiger partial charge in [0.05, 0.1) is 11.8 Å². The summed E-state index contributed by atoms with van der Waals surface area (Å²) in [5.41, 5.74) is 1.15. The van der Waals surface area contributed by atoms with E-state index in [1.807, 2.05) is 0 Å². The van der Waals surface area contributed by atoms with Crippen LogP contribution in [0.1, 0.15) is 45.7 Å². The van der Waals surface area contributed by atoms with Crippen LogP contribution in [0.3, 0.4) is 0 Å². The van der Waals surface area contributed by atoms with E-state index in [1.54, 1.807) is 11.3 Å². The van der Waals surface area contributed by atoms with E-state index in [9.17, 15) is 0 Å². The van der Waals surface area contributed by atoms with E-state index in [1.165, 1.54) is 0 Å². The second kappa shape index (κ2) is 8.51. The standard InChI is InChI=1S/C16H27N3OS/c1-4-7-15(20-6-3)14(17-8-5-2)11-13-12-19-9-10-21-16(19)18-13/h9-10,12,14-15,17H,4-8,11H2,1-3H3. The molecule has 1 N–H and O–H groups in total. The number of nitrogens with zero attached hydrogens (tertiary/aromatic N) is 2. The molecular weight excluding hydrogens is 282 g/mol. The Morgan fingerprint density at radius 2 is 2.19 bits per heavy atom. The fraction of sp³-hybridized carbons (Fsp3) is 0.688. The van der Waals surface area contributed by atoms with Gasteiger partial charge in [-0.1, -0.05) is 20.3 Å². The summed E-state index contributed by atoms with van der Waals surface area (Å²) in [7, 11) is 0. The van der Waals surface area contributed by atoms with Gasteiger partial charge in [-0.15, -0.1) is 11.3 Å². The molecule has 21 heavy (non-hydrogen) atoms. The van der Waals surface area contributed by atoms with Gasteiger partial charge in [-0.3, -0.25) is 4.40 Å². The molecule has 0 aliphatic heterocycles. The Balaban J connectivity index is 2.07. The predicted octanol–water partition coefficient (Wildman–Crippen LogP) is 3.51. The number of hydrogen-bond acceptors (Lipinski definition) is 4. The first kappa shape index (κ1) is 16.5. The van der Waals surface area contributed by atoms with Gasteiger partial charge in [0.25, 0.3) is 0 Å². The van der Waals surface area contributed by atoms with Gasteiger partial charge in [0.2, 0.25) is 0 Å². The maximum atomic E-state index is 5.97. The van der Waals surface area contributed by atoms with Crippen LogP contribution in [0.25, 0.3) is 4.96 Å². The molecule has 2 aromatic heterocycles. The fourth-order valence-electron chi connectivity index (χ4n) is 2.66. The van der Waals surface area contributed by atoms with Gasteiger partial charge in [0, 0.05) is 36.8 Å². The van der Waals surface area contributed by atoms with Crippen LogP contribution in [0, 0.1) is 0 Å². The zero-order chi connectivity index (χ0) is 15.1. The molecule has 0 bridgehead atoms. The van der Waals surface area contributed by atoms with Crippen LogP contribution in [0.15, 0.2) is 17.8 Å². The van der Waals surface area contributed by atoms with E-state index in [2.05, 4.69) is 48.3 Å². The number of rotatable bonds is 10. The molecule has 2 atom stereocenters. The van der Waals surface area contributed by atoms with Crippen molar-refractivity contribution in [3.8, 4) is 0 Å². The molecule has 0 aliphatic rings. The Kier molecular flexibility index (Phi) is 6.67. The fourth-order valence-corrected chi connectivity index (χ4v) is 3.38. The van der Waals surface area contributed by atoms with Crippen LogP contribution in [0.4, 0.5) is 0 Å². The Morgan fingerprint density at radius 1 is 1.33 bits per heavy atom. The minimum atomic E-state index is 0.270. The molecule has 0 aromatic carbocycles. The highest BCUT2D eigenvalue weighted by atomic mass is 32.1. The molecular formula is C16H27N3OS. The SMILES string of the molecule is CCCNC(Cc1cn2ccsc2n1)C(CCC)OCC. The van der Waals surface area contributed by atoms with Gasteiger partial charge in [-0.2, -0.15) is 0 Å². The van der Waals surface area contributed by atoms with Crippen molar-refractivity contribution in [1.29, 1.82) is 0 Å². The molecule has 0 saturated carbocycles. The smallest absolute Gasteiger partial charge is 0.193 e. The first-order chi connectivity index (χ1) is 10.3. The number of hydrogen-bond donors (Lipinski definition) is 1. The van der Waals surface area contributed by atoms with Crippen molar-refractivity contribution in [2.24, 2.45) is 0 Å². The highest BCUT2D eigenvalue weighted by Crippen LogP contribution is 2.16. The number of nitrogens with one attached hydrogen (secondary N) is 1. The van der Waals surface area contributed by atoms with Crippen LogP contribution in [-0.4, -0.2) is 34.7 Å². The largest absolute Gasteiger partial charge is 0.377 e. The van der Waals surface area contributed by atoms with Crippen LogP contribution in [-0.2, 0) is 11.2 Å². The Labute approximate surface area is 131 Å². The molecule has 0 spiro atoms. The highest BCUT2D eigenvalue weighted by molar-refractivity contribution is 7.15. The number of imidazole rings is 1. The molecule has 2 unspecified atom stereocenters. The molecule has 0 amide bonds. The number of aromatic nitrogens is 2. The summed E-state index contributed by atoms with van der Waals surface area (Å²) in [4.78, 5) is 5.78. The average Bonchev–Trinajstić information content (AvgIpc) is 3.04. The van der Waals surface area contributed by atoms with Gasteiger partial charge in [-0.05, 0) is 26.3 Å². The minimum Gasteiger partial charge on any atom is -0.377 e. The van der Waals surface area contributed by atoms with Crippen molar-refractivity contribution >= 4 is 16.3 Å². The summed E-state index contributed by atoms with van der Waals surface area (Å²) in [5.74, 6) is 0. The van der Waals surface area contributed by atoms with Gasteiger partial charge in [0.15, 0.2) is 4.96 Å². The Hall–Kier alpha value is -0.910. The van der Waals surface area contributed by atoms with Gasteiger partial charge in [-0.25, -0.2) is 4.98 Å². The zero-order valence-electron chi connectivity index (χ0n) is 13.3. The van der Waals surface area contributed by atoms with Crippen molar-refractivity contribution in [2.75, 3.05) is 13.2 Å². The number of fused-ring (bicyclic) bond motifs is 1. The molecule has 5 heteroatoms. The first-order valence-corrected chi connectivity index (χ1v) is 8.92. The summed E-state index contributed by atoms with van der Waals surface area (Å²) in [6, 6.07) is 0.342. The molecule has 0 fully saturated rings. The lowest BCUT2D eigenvalue weighted by Gasteiger charge is -2.27. The van der Waals surface area contributed by atoms with E-state index in [0.717, 1.165) is 49.5 Å². The van der Waals surface area contributed by atoms with Crippen molar-refractivity contribution in [2.45, 2.75) is 58.6 Å². The number of ether oxygens (including phenoxy) is 1. The molecule has 4 nitrogen and oxygen atoms in total. The van der Waals surface area contributed by atoms with E-state index < -0.39 is 0 Å². The van der Waals surface area contributed by atoms with Gasteiger partial charge in [0.1, 0.15) is 0 Å².